The Morgan fingerprint density at radius 3 is 2.38 bits per heavy atom. The number of rotatable bonds is 8. The SMILES string of the molecule is CC(Cn1ccnc1)C(O)(c1ccccc1)c1ccc(SCc2ccc(Cl)cc2Cl)cc1. The lowest BCUT2D eigenvalue weighted by molar-refractivity contribution is 0.0164. The van der Waals surface area contributed by atoms with Crippen molar-refractivity contribution in [2.24, 2.45) is 5.92 Å². The monoisotopic (exact) mass is 482 g/mol. The van der Waals surface area contributed by atoms with Gasteiger partial charge in [0.25, 0.3) is 0 Å². The van der Waals surface area contributed by atoms with Crippen molar-refractivity contribution in [1.82, 2.24) is 9.55 Å². The molecule has 4 aromatic rings. The Hall–Kier alpha value is -2.24. The van der Waals surface area contributed by atoms with Crippen molar-refractivity contribution >= 4 is 35.0 Å². The van der Waals surface area contributed by atoms with Crippen LogP contribution in [0.25, 0.3) is 0 Å². The highest BCUT2D eigenvalue weighted by molar-refractivity contribution is 7.98. The Labute approximate surface area is 203 Å². The van der Waals surface area contributed by atoms with E-state index >= 15 is 0 Å². The van der Waals surface area contributed by atoms with Crippen LogP contribution in [0.1, 0.15) is 23.6 Å². The molecule has 1 aromatic heterocycles. The van der Waals surface area contributed by atoms with E-state index in [0.29, 0.717) is 16.6 Å². The highest BCUT2D eigenvalue weighted by atomic mass is 35.5. The Morgan fingerprint density at radius 1 is 1.00 bits per heavy atom. The normalized spacial score (nSPS) is 14.1. The van der Waals surface area contributed by atoms with Crippen LogP contribution in [0.2, 0.25) is 10.0 Å². The number of aliphatic hydroxyl groups is 1. The van der Waals surface area contributed by atoms with Gasteiger partial charge in [-0.05, 0) is 41.0 Å². The maximum Gasteiger partial charge on any atom is 0.119 e. The number of nitrogens with zero attached hydrogens (tertiary/aromatic N) is 2. The lowest BCUT2D eigenvalue weighted by Crippen LogP contribution is -2.37. The molecule has 6 heteroatoms. The molecule has 0 saturated heterocycles. The fraction of sp³-hybridized carbons (Fsp3) is 0.192. The molecule has 2 atom stereocenters. The molecule has 0 saturated carbocycles. The van der Waals surface area contributed by atoms with Crippen molar-refractivity contribution in [3.63, 3.8) is 0 Å². The van der Waals surface area contributed by atoms with Gasteiger partial charge in [-0.3, -0.25) is 0 Å². The standard InChI is InChI=1S/C26H24Cl2N2OS/c1-19(16-30-14-13-29-18-30)26(31,21-5-3-2-4-6-21)22-8-11-24(12-9-22)32-17-20-7-10-23(27)15-25(20)28/h2-15,18-19,31H,16-17H2,1H3. The van der Waals surface area contributed by atoms with E-state index in [-0.39, 0.29) is 5.92 Å². The summed E-state index contributed by atoms with van der Waals surface area (Å²) in [5, 5.41) is 13.3. The van der Waals surface area contributed by atoms with Gasteiger partial charge < -0.3 is 9.67 Å². The van der Waals surface area contributed by atoms with E-state index in [4.69, 9.17) is 23.2 Å². The molecule has 0 aliphatic carbocycles. The van der Waals surface area contributed by atoms with E-state index < -0.39 is 5.60 Å². The van der Waals surface area contributed by atoms with Gasteiger partial charge in [0.15, 0.2) is 0 Å². The van der Waals surface area contributed by atoms with E-state index in [2.05, 4.69) is 24.0 Å². The van der Waals surface area contributed by atoms with Crippen molar-refractivity contribution < 1.29 is 5.11 Å². The van der Waals surface area contributed by atoms with Crippen LogP contribution in [-0.2, 0) is 17.9 Å². The van der Waals surface area contributed by atoms with Gasteiger partial charge in [-0.2, -0.15) is 0 Å². The van der Waals surface area contributed by atoms with Crippen LogP contribution in [-0.4, -0.2) is 14.7 Å². The van der Waals surface area contributed by atoms with Crippen LogP contribution in [0.15, 0.2) is 96.4 Å². The molecule has 1 N–H and O–H groups in total. The van der Waals surface area contributed by atoms with E-state index in [9.17, 15) is 5.11 Å². The quantitative estimate of drug-likeness (QED) is 0.273. The molecular weight excluding hydrogens is 459 g/mol. The number of benzene rings is 3. The predicted octanol–water partition coefficient (Wildman–Crippen LogP) is 7.05. The number of halogens is 2. The summed E-state index contributed by atoms with van der Waals surface area (Å²) in [6.45, 7) is 2.72. The molecule has 1 heterocycles. The summed E-state index contributed by atoms with van der Waals surface area (Å²) in [6, 6.07) is 23.6. The summed E-state index contributed by atoms with van der Waals surface area (Å²) in [5.74, 6) is 0.667. The molecule has 2 unspecified atom stereocenters. The maximum atomic E-state index is 12.0. The summed E-state index contributed by atoms with van der Waals surface area (Å²) < 4.78 is 2.00. The second kappa shape index (κ2) is 10.1. The summed E-state index contributed by atoms with van der Waals surface area (Å²) in [7, 11) is 0. The minimum atomic E-state index is -1.13. The Morgan fingerprint density at radius 2 is 1.72 bits per heavy atom. The van der Waals surface area contributed by atoms with Crippen molar-refractivity contribution in [2.45, 2.75) is 29.7 Å². The van der Waals surface area contributed by atoms with Gasteiger partial charge in [0.1, 0.15) is 5.60 Å². The van der Waals surface area contributed by atoms with Crippen molar-refractivity contribution in [3.05, 3.63) is 118 Å². The van der Waals surface area contributed by atoms with Crippen LogP contribution in [0.3, 0.4) is 0 Å². The number of hydrogen-bond acceptors (Lipinski definition) is 3. The average molecular weight is 483 g/mol. The minimum absolute atomic E-state index is 0.0783. The van der Waals surface area contributed by atoms with Crippen LogP contribution in [0.5, 0.6) is 0 Å². The fourth-order valence-electron chi connectivity index (χ4n) is 3.88. The Kier molecular flexibility index (Phi) is 7.27. The number of aromatic nitrogens is 2. The van der Waals surface area contributed by atoms with Crippen LogP contribution >= 0.6 is 35.0 Å². The first kappa shape index (κ1) is 22.9. The molecule has 0 spiro atoms. The molecule has 0 fully saturated rings. The van der Waals surface area contributed by atoms with Gasteiger partial charge in [-0.25, -0.2) is 4.98 Å². The zero-order chi connectivity index (χ0) is 22.6. The molecule has 3 aromatic carbocycles. The van der Waals surface area contributed by atoms with Gasteiger partial charge >= 0.3 is 0 Å². The van der Waals surface area contributed by atoms with E-state index in [1.165, 1.54) is 0 Å². The third kappa shape index (κ3) is 5.05. The molecule has 164 valence electrons. The van der Waals surface area contributed by atoms with E-state index in [0.717, 1.165) is 27.3 Å². The first-order valence-electron chi connectivity index (χ1n) is 10.4. The van der Waals surface area contributed by atoms with Gasteiger partial charge in [-0.15, -0.1) is 11.8 Å². The molecule has 4 rings (SSSR count). The molecule has 0 amide bonds. The van der Waals surface area contributed by atoms with Gasteiger partial charge in [0.2, 0.25) is 0 Å². The maximum absolute atomic E-state index is 12.0. The topological polar surface area (TPSA) is 38.0 Å². The second-order valence-electron chi connectivity index (χ2n) is 7.84. The van der Waals surface area contributed by atoms with Gasteiger partial charge in [-0.1, -0.05) is 78.7 Å². The molecular formula is C26H24Cl2N2OS. The third-order valence-electron chi connectivity index (χ3n) is 5.67. The lowest BCUT2D eigenvalue weighted by atomic mass is 9.77. The molecule has 0 aliphatic heterocycles. The van der Waals surface area contributed by atoms with Crippen molar-refractivity contribution in [1.29, 1.82) is 0 Å². The molecule has 0 aliphatic rings. The number of imidazole rings is 1. The summed E-state index contributed by atoms with van der Waals surface area (Å²) in [4.78, 5) is 5.24. The summed E-state index contributed by atoms with van der Waals surface area (Å²) >= 11 is 14.0. The van der Waals surface area contributed by atoms with Crippen LogP contribution in [0.4, 0.5) is 0 Å². The molecule has 0 bridgehead atoms. The highest BCUT2D eigenvalue weighted by Crippen LogP contribution is 2.39. The van der Waals surface area contributed by atoms with Gasteiger partial charge in [0, 0.05) is 45.5 Å². The number of thioether (sulfide) groups is 1. The lowest BCUT2D eigenvalue weighted by Gasteiger charge is -2.35. The average Bonchev–Trinajstić information content (AvgIpc) is 3.32. The smallest absolute Gasteiger partial charge is 0.119 e. The molecule has 32 heavy (non-hydrogen) atoms. The minimum Gasteiger partial charge on any atom is -0.380 e. The Bertz CT molecular complexity index is 1150. The van der Waals surface area contributed by atoms with E-state index in [1.807, 2.05) is 65.4 Å². The van der Waals surface area contributed by atoms with Crippen molar-refractivity contribution in [3.8, 4) is 0 Å². The largest absolute Gasteiger partial charge is 0.380 e. The fourth-order valence-corrected chi connectivity index (χ4v) is 5.33. The highest BCUT2D eigenvalue weighted by Gasteiger charge is 2.37. The number of hydrogen-bond donors (Lipinski definition) is 1. The zero-order valence-electron chi connectivity index (χ0n) is 17.7. The molecule has 3 nitrogen and oxygen atoms in total. The summed E-state index contributed by atoms with van der Waals surface area (Å²) in [6.07, 6.45) is 5.46. The molecule has 0 radical (unpaired) electrons. The van der Waals surface area contributed by atoms with Gasteiger partial charge in [0.05, 0.1) is 6.33 Å². The first-order valence-corrected chi connectivity index (χ1v) is 12.1. The second-order valence-corrected chi connectivity index (χ2v) is 9.73. The summed E-state index contributed by atoms with van der Waals surface area (Å²) in [5.41, 5.74) is 1.65. The van der Waals surface area contributed by atoms with Crippen LogP contribution in [0, 0.1) is 5.92 Å². The van der Waals surface area contributed by atoms with Crippen molar-refractivity contribution in [2.75, 3.05) is 0 Å². The predicted molar refractivity (Wildman–Crippen MR) is 133 cm³/mol. The van der Waals surface area contributed by atoms with E-state index in [1.54, 1.807) is 30.4 Å². The Balaban J connectivity index is 1.57. The van der Waals surface area contributed by atoms with Crippen LogP contribution < -0.4 is 0 Å². The third-order valence-corrected chi connectivity index (χ3v) is 7.32. The first-order chi connectivity index (χ1) is 15.5. The zero-order valence-corrected chi connectivity index (χ0v) is 20.0.